The summed E-state index contributed by atoms with van der Waals surface area (Å²) in [5.74, 6) is 0.637. The van der Waals surface area contributed by atoms with Gasteiger partial charge in [0.15, 0.2) is 5.82 Å². The number of hydrogen-bond donors (Lipinski definition) is 0. The third-order valence-electron chi connectivity index (χ3n) is 11.2. The van der Waals surface area contributed by atoms with Crippen LogP contribution in [0.15, 0.2) is 197 Å². The molecule has 0 aliphatic heterocycles. The van der Waals surface area contributed by atoms with Crippen molar-refractivity contribution in [2.75, 3.05) is 0 Å². The van der Waals surface area contributed by atoms with Crippen LogP contribution in [-0.4, -0.2) is 14.5 Å². The first kappa shape index (κ1) is 31.6. The first-order valence-corrected chi connectivity index (χ1v) is 19.1. The Hall–Kier alpha value is -7.76. The molecule has 0 saturated heterocycles. The predicted octanol–water partition coefficient (Wildman–Crippen LogP) is 14.0. The smallest absolute Gasteiger partial charge is 0.160 e. The number of nitrogens with zero attached hydrogens (tertiary/aromatic N) is 3. The van der Waals surface area contributed by atoms with Crippen molar-refractivity contribution in [3.05, 3.63) is 188 Å². The topological polar surface area (TPSA) is 57.0 Å². The molecule has 0 bridgehead atoms. The second-order valence-electron chi connectivity index (χ2n) is 14.5. The maximum absolute atomic E-state index is 6.32. The molecule has 0 fully saturated rings. The van der Waals surface area contributed by atoms with E-state index in [-0.39, 0.29) is 0 Å². The molecule has 0 atom stereocenters. The van der Waals surface area contributed by atoms with Crippen molar-refractivity contribution in [1.29, 1.82) is 0 Å². The van der Waals surface area contributed by atoms with E-state index in [1.54, 1.807) is 0 Å². The number of rotatable bonds is 5. The molecule has 0 spiro atoms. The second kappa shape index (κ2) is 12.4. The highest BCUT2D eigenvalue weighted by molar-refractivity contribution is 6.16. The summed E-state index contributed by atoms with van der Waals surface area (Å²) < 4.78 is 15.0. The summed E-state index contributed by atoms with van der Waals surface area (Å²) in [6, 6.07) is 65.5. The van der Waals surface area contributed by atoms with Gasteiger partial charge >= 0.3 is 0 Å². The third kappa shape index (κ3) is 5.03. The van der Waals surface area contributed by atoms with E-state index in [9.17, 15) is 0 Å². The van der Waals surface area contributed by atoms with Gasteiger partial charge in [0.1, 0.15) is 22.3 Å². The normalized spacial score (nSPS) is 11.9. The Bertz CT molecular complexity index is 3400. The molecule has 5 nitrogen and oxygen atoms in total. The number of fused-ring (bicyclic) bond motifs is 9. The van der Waals surface area contributed by atoms with Crippen LogP contribution in [-0.2, 0) is 0 Å². The van der Waals surface area contributed by atoms with Gasteiger partial charge in [0, 0.05) is 54.7 Å². The number of furan rings is 2. The zero-order valence-corrected chi connectivity index (χ0v) is 30.6. The minimum absolute atomic E-state index is 0.637. The lowest BCUT2D eigenvalue weighted by atomic mass is 9.97. The zero-order valence-electron chi connectivity index (χ0n) is 30.6. The predicted molar refractivity (Wildman–Crippen MR) is 233 cm³/mol. The van der Waals surface area contributed by atoms with Crippen LogP contribution >= 0.6 is 0 Å². The zero-order chi connectivity index (χ0) is 37.5. The van der Waals surface area contributed by atoms with Crippen LogP contribution in [0.5, 0.6) is 0 Å². The highest BCUT2D eigenvalue weighted by Gasteiger charge is 2.18. The van der Waals surface area contributed by atoms with Gasteiger partial charge in [0.05, 0.1) is 22.4 Å². The Labute approximate surface area is 326 Å². The maximum atomic E-state index is 6.32. The molecule has 0 N–H and O–H groups in total. The lowest BCUT2D eigenvalue weighted by molar-refractivity contribution is 0.668. The molecule has 4 aromatic heterocycles. The van der Waals surface area contributed by atoms with Gasteiger partial charge in [-0.2, -0.15) is 0 Å². The van der Waals surface area contributed by atoms with Crippen molar-refractivity contribution in [2.45, 2.75) is 0 Å². The van der Waals surface area contributed by atoms with Crippen molar-refractivity contribution in [1.82, 2.24) is 14.5 Å². The van der Waals surface area contributed by atoms with Gasteiger partial charge in [-0.25, -0.2) is 9.97 Å². The first-order valence-electron chi connectivity index (χ1n) is 19.1. The second-order valence-corrected chi connectivity index (χ2v) is 14.5. The van der Waals surface area contributed by atoms with E-state index >= 15 is 0 Å². The summed E-state index contributed by atoms with van der Waals surface area (Å²) >= 11 is 0. The largest absolute Gasteiger partial charge is 0.456 e. The van der Waals surface area contributed by atoms with Crippen molar-refractivity contribution in [2.24, 2.45) is 0 Å². The van der Waals surface area contributed by atoms with Crippen LogP contribution in [0.25, 0.3) is 116 Å². The average molecular weight is 730 g/mol. The Kier molecular flexibility index (Phi) is 6.86. The third-order valence-corrected chi connectivity index (χ3v) is 11.2. The fourth-order valence-corrected chi connectivity index (χ4v) is 8.58. The van der Waals surface area contributed by atoms with Crippen LogP contribution in [0, 0.1) is 0 Å². The monoisotopic (exact) mass is 729 g/mol. The van der Waals surface area contributed by atoms with Gasteiger partial charge in [-0.05, 0) is 83.9 Å². The molecular weight excluding hydrogens is 699 g/mol. The summed E-state index contributed by atoms with van der Waals surface area (Å²) in [4.78, 5) is 10.5. The van der Waals surface area contributed by atoms with Crippen molar-refractivity contribution in [3.63, 3.8) is 0 Å². The molecule has 4 heterocycles. The minimum atomic E-state index is 0.637. The number of para-hydroxylation sites is 4. The van der Waals surface area contributed by atoms with Gasteiger partial charge in [0.2, 0.25) is 0 Å². The molecule has 0 aliphatic carbocycles. The quantitative estimate of drug-likeness (QED) is 0.177. The van der Waals surface area contributed by atoms with E-state index in [2.05, 4.69) is 156 Å². The molecule has 12 rings (SSSR count). The summed E-state index contributed by atoms with van der Waals surface area (Å²) in [5, 5.41) is 6.77. The Morgan fingerprint density at radius 1 is 0.351 bits per heavy atom. The lowest BCUT2D eigenvalue weighted by Gasteiger charge is -2.12. The summed E-state index contributed by atoms with van der Waals surface area (Å²) in [6.45, 7) is 0. The first-order chi connectivity index (χ1) is 28.2. The molecule has 57 heavy (non-hydrogen) atoms. The highest BCUT2D eigenvalue weighted by atomic mass is 16.3. The van der Waals surface area contributed by atoms with E-state index < -0.39 is 0 Å². The van der Waals surface area contributed by atoms with Crippen LogP contribution in [0.2, 0.25) is 0 Å². The molecule has 5 heteroatoms. The molecule has 0 aliphatic rings. The van der Waals surface area contributed by atoms with E-state index in [1.165, 1.54) is 16.3 Å². The van der Waals surface area contributed by atoms with Crippen LogP contribution < -0.4 is 0 Å². The Balaban J connectivity index is 1.05. The van der Waals surface area contributed by atoms with Crippen LogP contribution in [0.1, 0.15) is 0 Å². The van der Waals surface area contributed by atoms with E-state index in [0.717, 1.165) is 94.3 Å². The molecule has 0 radical (unpaired) electrons. The molecule has 0 saturated carbocycles. The fourth-order valence-electron chi connectivity index (χ4n) is 8.58. The SMILES string of the molecule is c1ccc(-n2c3ccccc3c3c(-c4cccc(-c5nc(-c6ccc7c(c6)oc6ccccc67)cc(-c6ccc7c(c6)oc6ccccc67)n5)c4)cccc32)cc1. The number of aromatic nitrogens is 3. The van der Waals surface area contributed by atoms with Crippen molar-refractivity contribution < 1.29 is 8.83 Å². The van der Waals surface area contributed by atoms with Gasteiger partial charge in [-0.1, -0.05) is 115 Å². The fraction of sp³-hybridized carbons (Fsp3) is 0. The van der Waals surface area contributed by atoms with Gasteiger partial charge in [0.25, 0.3) is 0 Å². The molecule has 0 amide bonds. The van der Waals surface area contributed by atoms with Crippen molar-refractivity contribution in [3.8, 4) is 50.7 Å². The summed E-state index contributed by atoms with van der Waals surface area (Å²) in [7, 11) is 0. The van der Waals surface area contributed by atoms with E-state index in [0.29, 0.717) is 5.82 Å². The van der Waals surface area contributed by atoms with Crippen LogP contribution in [0.4, 0.5) is 0 Å². The Morgan fingerprint density at radius 2 is 0.895 bits per heavy atom. The average Bonchev–Trinajstić information content (AvgIpc) is 3.95. The van der Waals surface area contributed by atoms with Gasteiger partial charge in [-0.3, -0.25) is 0 Å². The Morgan fingerprint density at radius 3 is 1.58 bits per heavy atom. The molecule has 12 aromatic rings. The maximum Gasteiger partial charge on any atom is 0.160 e. The molecule has 8 aromatic carbocycles. The van der Waals surface area contributed by atoms with Gasteiger partial charge < -0.3 is 13.4 Å². The van der Waals surface area contributed by atoms with E-state index in [1.807, 2.05) is 36.4 Å². The van der Waals surface area contributed by atoms with Gasteiger partial charge in [-0.15, -0.1) is 0 Å². The van der Waals surface area contributed by atoms with E-state index in [4.69, 9.17) is 18.8 Å². The number of hydrogen-bond acceptors (Lipinski definition) is 4. The highest BCUT2D eigenvalue weighted by Crippen LogP contribution is 2.40. The van der Waals surface area contributed by atoms with Crippen molar-refractivity contribution >= 4 is 65.7 Å². The molecular formula is C52H31N3O2. The number of benzene rings is 8. The standard InChI is InChI=1S/C52H31N3O2/c1-2-14-36(15-3-1)55-45-20-7-4-18-42(45)51-37(19-11-21-46(51)55)32-12-10-13-35(28-32)52-53-43(33-24-26-40-38-16-5-8-22-47(38)56-49(40)29-33)31-44(54-52)34-25-27-41-39-17-6-9-23-48(39)57-50(41)30-34/h1-31H. The lowest BCUT2D eigenvalue weighted by Crippen LogP contribution is -1.96. The minimum Gasteiger partial charge on any atom is -0.456 e. The summed E-state index contributed by atoms with van der Waals surface area (Å²) in [5.41, 5.74) is 13.5. The molecule has 266 valence electrons. The molecule has 0 unspecified atom stereocenters. The summed E-state index contributed by atoms with van der Waals surface area (Å²) in [6.07, 6.45) is 0. The van der Waals surface area contributed by atoms with Crippen LogP contribution in [0.3, 0.4) is 0 Å².